The van der Waals surface area contributed by atoms with Gasteiger partial charge in [0.2, 0.25) is 0 Å². The Kier molecular flexibility index (Phi) is 5.12. The lowest BCUT2D eigenvalue weighted by Crippen LogP contribution is -2.30. The topological polar surface area (TPSA) is 58.4 Å². The third-order valence-corrected chi connectivity index (χ3v) is 6.49. The average Bonchev–Trinajstić information content (AvgIpc) is 3.42. The quantitative estimate of drug-likeness (QED) is 0.315. The zero-order valence-electron chi connectivity index (χ0n) is 18.5. The highest BCUT2D eigenvalue weighted by atomic mass is 35.5. The maximum absolute atomic E-state index is 14.1. The van der Waals surface area contributed by atoms with Gasteiger partial charge in [-0.05, 0) is 54.1 Å². The largest absolute Gasteiger partial charge is 0.508 e. The summed E-state index contributed by atoms with van der Waals surface area (Å²) in [6.45, 7) is 0. The Morgan fingerprint density at radius 3 is 2.03 bits per heavy atom. The Labute approximate surface area is 207 Å². The monoisotopic (exact) mass is 477 g/mol. The number of hydrogen-bond acceptors (Lipinski definition) is 3. The van der Waals surface area contributed by atoms with Crippen LogP contribution in [0.2, 0.25) is 5.02 Å². The fourth-order valence-corrected chi connectivity index (χ4v) is 4.79. The third kappa shape index (κ3) is 3.57. The Hall–Kier alpha value is -4.35. The molecule has 1 aliphatic heterocycles. The van der Waals surface area contributed by atoms with Gasteiger partial charge in [-0.3, -0.25) is 9.69 Å². The number of halogens is 1. The first-order valence-corrected chi connectivity index (χ1v) is 11.6. The molecule has 1 aliphatic rings. The number of carbonyl (C=O) groups is 1. The van der Waals surface area contributed by atoms with E-state index >= 15 is 0 Å². The van der Waals surface area contributed by atoms with Gasteiger partial charge in [0.05, 0.1) is 17.4 Å². The molecule has 0 fully saturated rings. The maximum Gasteiger partial charge on any atom is 0.278 e. The van der Waals surface area contributed by atoms with Crippen molar-refractivity contribution in [3.63, 3.8) is 0 Å². The molecule has 4 aromatic carbocycles. The number of nitrogens with zero attached hydrogens (tertiary/aromatic N) is 3. The number of benzene rings is 4. The summed E-state index contributed by atoms with van der Waals surface area (Å²) in [5.41, 5.74) is 5.43. The number of phenolic OH excluding ortho intramolecular Hbond substituents is 1. The summed E-state index contributed by atoms with van der Waals surface area (Å²) in [4.78, 5) is 15.9. The van der Waals surface area contributed by atoms with E-state index in [1.807, 2.05) is 84.9 Å². The summed E-state index contributed by atoms with van der Waals surface area (Å²) in [6, 6.07) is 33.4. The fraction of sp³-hybridized carbons (Fsp3) is 0.0345. The number of fused-ring (bicyclic) bond motifs is 1. The summed E-state index contributed by atoms with van der Waals surface area (Å²) in [7, 11) is 0. The van der Waals surface area contributed by atoms with Crippen LogP contribution in [0.5, 0.6) is 5.75 Å². The van der Waals surface area contributed by atoms with Gasteiger partial charge in [0.15, 0.2) is 0 Å². The number of rotatable bonds is 4. The SMILES string of the molecule is O=C1c2c(c(-c3ccccc3)nn2-c2ccccc2)[C@@H](c2ccc(Cl)cc2)N1c1ccc(O)cc1. The fourth-order valence-electron chi connectivity index (χ4n) is 4.66. The summed E-state index contributed by atoms with van der Waals surface area (Å²) in [6.07, 6.45) is 0. The van der Waals surface area contributed by atoms with E-state index in [2.05, 4.69) is 0 Å². The van der Waals surface area contributed by atoms with Gasteiger partial charge in [0, 0.05) is 21.8 Å². The molecule has 35 heavy (non-hydrogen) atoms. The van der Waals surface area contributed by atoms with Crippen molar-refractivity contribution in [2.45, 2.75) is 6.04 Å². The lowest BCUT2D eigenvalue weighted by atomic mass is 9.96. The van der Waals surface area contributed by atoms with Gasteiger partial charge in [-0.1, -0.05) is 72.3 Å². The van der Waals surface area contributed by atoms with E-state index in [4.69, 9.17) is 16.7 Å². The van der Waals surface area contributed by atoms with Crippen LogP contribution < -0.4 is 4.90 Å². The average molecular weight is 478 g/mol. The van der Waals surface area contributed by atoms with Gasteiger partial charge in [-0.15, -0.1) is 0 Å². The Morgan fingerprint density at radius 1 is 0.743 bits per heavy atom. The molecule has 1 N–H and O–H groups in total. The lowest BCUT2D eigenvalue weighted by Gasteiger charge is -2.26. The zero-order valence-corrected chi connectivity index (χ0v) is 19.3. The van der Waals surface area contributed by atoms with Gasteiger partial charge >= 0.3 is 0 Å². The minimum absolute atomic E-state index is 0.140. The van der Waals surface area contributed by atoms with Crippen molar-refractivity contribution in [2.75, 3.05) is 4.90 Å². The van der Waals surface area contributed by atoms with Gasteiger partial charge in [-0.25, -0.2) is 4.68 Å². The molecule has 5 nitrogen and oxygen atoms in total. The standard InChI is InChI=1S/C29H20ClN3O2/c30-21-13-11-20(12-14-21)27-25-26(19-7-3-1-4-8-19)31-33(23-9-5-2-6-10-23)28(25)29(35)32(27)22-15-17-24(34)18-16-22/h1-18,27,34H/t27-/m1/s1. The van der Waals surface area contributed by atoms with E-state index in [1.165, 1.54) is 0 Å². The van der Waals surface area contributed by atoms with Gasteiger partial charge in [0.25, 0.3) is 5.91 Å². The molecule has 5 aromatic rings. The van der Waals surface area contributed by atoms with Crippen molar-refractivity contribution in [1.29, 1.82) is 0 Å². The molecule has 0 saturated carbocycles. The highest BCUT2D eigenvalue weighted by Crippen LogP contribution is 2.46. The molecule has 1 amide bonds. The van der Waals surface area contributed by atoms with Crippen molar-refractivity contribution >= 4 is 23.2 Å². The van der Waals surface area contributed by atoms with E-state index in [1.54, 1.807) is 33.8 Å². The van der Waals surface area contributed by atoms with Crippen LogP contribution in [0.4, 0.5) is 5.69 Å². The second-order valence-electron chi connectivity index (χ2n) is 8.37. The molecule has 6 heteroatoms. The molecule has 1 atom stereocenters. The highest BCUT2D eigenvalue weighted by Gasteiger charge is 2.45. The van der Waals surface area contributed by atoms with E-state index in [-0.39, 0.29) is 11.7 Å². The third-order valence-electron chi connectivity index (χ3n) is 6.24. The second kappa shape index (κ2) is 8.46. The minimum atomic E-state index is -0.424. The van der Waals surface area contributed by atoms with Crippen LogP contribution in [0.3, 0.4) is 0 Å². The Balaban J connectivity index is 1.65. The molecule has 0 unspecified atom stereocenters. The van der Waals surface area contributed by atoms with E-state index < -0.39 is 6.04 Å². The number of amides is 1. The molecule has 0 saturated heterocycles. The zero-order chi connectivity index (χ0) is 23.9. The van der Waals surface area contributed by atoms with E-state index in [0.717, 1.165) is 28.1 Å². The van der Waals surface area contributed by atoms with E-state index in [9.17, 15) is 9.90 Å². The van der Waals surface area contributed by atoms with Crippen LogP contribution in [-0.2, 0) is 0 Å². The summed E-state index contributed by atoms with van der Waals surface area (Å²) >= 11 is 6.20. The van der Waals surface area contributed by atoms with Crippen molar-refractivity contribution in [3.05, 3.63) is 131 Å². The summed E-state index contributed by atoms with van der Waals surface area (Å²) in [5.74, 6) is -0.0226. The van der Waals surface area contributed by atoms with Crippen LogP contribution in [0.15, 0.2) is 109 Å². The molecule has 0 aliphatic carbocycles. The second-order valence-corrected chi connectivity index (χ2v) is 8.81. The molecular formula is C29H20ClN3O2. The Morgan fingerprint density at radius 2 is 1.37 bits per heavy atom. The van der Waals surface area contributed by atoms with Crippen LogP contribution in [0, 0.1) is 0 Å². The van der Waals surface area contributed by atoms with Crippen molar-refractivity contribution < 1.29 is 9.90 Å². The van der Waals surface area contributed by atoms with Gasteiger partial charge < -0.3 is 5.11 Å². The predicted octanol–water partition coefficient (Wildman–Crippen LogP) is 6.65. The van der Waals surface area contributed by atoms with Gasteiger partial charge in [-0.2, -0.15) is 5.10 Å². The Bertz CT molecular complexity index is 1510. The molecular weight excluding hydrogens is 458 g/mol. The van der Waals surface area contributed by atoms with Crippen molar-refractivity contribution in [2.24, 2.45) is 0 Å². The lowest BCUT2D eigenvalue weighted by molar-refractivity contribution is 0.0986. The molecule has 0 bridgehead atoms. The molecule has 0 radical (unpaired) electrons. The van der Waals surface area contributed by atoms with Crippen LogP contribution in [0.1, 0.15) is 27.7 Å². The first kappa shape index (κ1) is 21.2. The predicted molar refractivity (Wildman–Crippen MR) is 137 cm³/mol. The number of phenols is 1. The number of aromatic hydroxyl groups is 1. The summed E-state index contributed by atoms with van der Waals surface area (Å²) < 4.78 is 1.74. The molecule has 2 heterocycles. The minimum Gasteiger partial charge on any atom is -0.508 e. The van der Waals surface area contributed by atoms with Crippen LogP contribution in [0.25, 0.3) is 16.9 Å². The number of aromatic nitrogens is 2. The molecule has 0 spiro atoms. The number of anilines is 1. The number of hydrogen-bond donors (Lipinski definition) is 1. The summed E-state index contributed by atoms with van der Waals surface area (Å²) in [5, 5.41) is 15.5. The molecule has 1 aromatic heterocycles. The number of para-hydroxylation sites is 1. The maximum atomic E-state index is 14.1. The smallest absolute Gasteiger partial charge is 0.278 e. The van der Waals surface area contributed by atoms with Gasteiger partial charge in [0.1, 0.15) is 11.4 Å². The normalized spacial score (nSPS) is 14.8. The first-order chi connectivity index (χ1) is 17.1. The molecule has 170 valence electrons. The van der Waals surface area contributed by atoms with Crippen molar-refractivity contribution in [3.8, 4) is 22.7 Å². The van der Waals surface area contributed by atoms with Crippen LogP contribution in [-0.4, -0.2) is 20.8 Å². The van der Waals surface area contributed by atoms with Crippen LogP contribution >= 0.6 is 11.6 Å². The van der Waals surface area contributed by atoms with Crippen molar-refractivity contribution in [1.82, 2.24) is 9.78 Å². The first-order valence-electron chi connectivity index (χ1n) is 11.2. The molecule has 6 rings (SSSR count). The van der Waals surface area contributed by atoms with E-state index in [0.29, 0.717) is 16.4 Å². The highest BCUT2D eigenvalue weighted by molar-refractivity contribution is 6.30. The number of carbonyl (C=O) groups excluding carboxylic acids is 1.